The van der Waals surface area contributed by atoms with Crippen molar-refractivity contribution in [3.8, 4) is 0 Å². The van der Waals surface area contributed by atoms with Crippen LogP contribution in [0.15, 0.2) is 0 Å². The first-order valence-electron chi connectivity index (χ1n) is 4.76. The predicted molar refractivity (Wildman–Crippen MR) is 44.8 cm³/mol. The van der Waals surface area contributed by atoms with Crippen molar-refractivity contribution in [1.29, 1.82) is 0 Å². The number of rotatable bonds is 3. The Kier molecular flexibility index (Phi) is 2.07. The summed E-state index contributed by atoms with van der Waals surface area (Å²) in [5.74, 6) is -2.91. The number of alkyl halides is 2. The lowest BCUT2D eigenvalue weighted by Gasteiger charge is -2.56. The minimum atomic E-state index is -2.91. The summed E-state index contributed by atoms with van der Waals surface area (Å²) in [5, 5.41) is 8.39. The van der Waals surface area contributed by atoms with Gasteiger partial charge in [-0.15, -0.1) is 0 Å². The molecule has 2 fully saturated rings. The van der Waals surface area contributed by atoms with Gasteiger partial charge < -0.3 is 5.11 Å². The van der Waals surface area contributed by atoms with Crippen LogP contribution in [0.4, 0.5) is 8.78 Å². The Balaban J connectivity index is 1.74. The summed E-state index contributed by atoms with van der Waals surface area (Å²) in [4.78, 5) is 1.75. The highest BCUT2D eigenvalue weighted by Crippen LogP contribution is 2.48. The van der Waals surface area contributed by atoms with Crippen LogP contribution in [0.25, 0.3) is 0 Å². The molecule has 13 heavy (non-hydrogen) atoms. The molecule has 0 radical (unpaired) electrons. The average molecular weight is 191 g/mol. The molecule has 1 heterocycles. The lowest BCUT2D eigenvalue weighted by Crippen LogP contribution is -2.62. The second-order valence-corrected chi connectivity index (χ2v) is 4.51. The first kappa shape index (κ1) is 9.34. The summed E-state index contributed by atoms with van der Waals surface area (Å²) in [6, 6.07) is 0. The zero-order valence-electron chi connectivity index (χ0n) is 7.60. The van der Waals surface area contributed by atoms with Gasteiger partial charge in [-0.05, 0) is 18.3 Å². The topological polar surface area (TPSA) is 23.5 Å². The first-order valence-corrected chi connectivity index (χ1v) is 4.76. The summed E-state index contributed by atoms with van der Waals surface area (Å²) in [5.41, 5.74) is 0.394. The molecule has 0 amide bonds. The van der Waals surface area contributed by atoms with Crippen LogP contribution in [-0.4, -0.2) is 42.2 Å². The van der Waals surface area contributed by atoms with E-state index in [1.54, 1.807) is 4.90 Å². The van der Waals surface area contributed by atoms with Crippen LogP contribution in [0.1, 0.15) is 19.3 Å². The fourth-order valence-electron chi connectivity index (χ4n) is 2.38. The molecule has 0 aromatic rings. The number of hydrogen-bond acceptors (Lipinski definition) is 2. The van der Waals surface area contributed by atoms with E-state index in [9.17, 15) is 8.78 Å². The fraction of sp³-hybridized carbons (Fsp3) is 1.00. The van der Waals surface area contributed by atoms with Crippen molar-refractivity contribution < 1.29 is 13.9 Å². The second kappa shape index (κ2) is 2.89. The number of aliphatic hydroxyl groups excluding tert-OH is 1. The van der Waals surface area contributed by atoms with Crippen LogP contribution in [0, 0.1) is 5.41 Å². The molecule has 0 aromatic carbocycles. The van der Waals surface area contributed by atoms with Gasteiger partial charge in [0.25, 0.3) is 5.92 Å². The van der Waals surface area contributed by atoms with Crippen LogP contribution in [-0.2, 0) is 0 Å². The molecule has 0 aromatic heterocycles. The molecule has 76 valence electrons. The molecule has 2 nitrogen and oxygen atoms in total. The first-order chi connectivity index (χ1) is 6.05. The number of hydrogen-bond donors (Lipinski definition) is 1. The van der Waals surface area contributed by atoms with E-state index in [0.29, 0.717) is 5.41 Å². The maximum absolute atomic E-state index is 12.7. The second-order valence-electron chi connectivity index (χ2n) is 4.51. The Morgan fingerprint density at radius 3 is 2.31 bits per heavy atom. The molecule has 0 unspecified atom stereocenters. The maximum atomic E-state index is 12.7. The van der Waals surface area contributed by atoms with E-state index < -0.39 is 12.5 Å². The smallest absolute Gasteiger partial charge is 0.283 e. The monoisotopic (exact) mass is 191 g/mol. The number of likely N-dealkylation sites (tertiary alicyclic amines) is 1. The van der Waals surface area contributed by atoms with E-state index in [0.717, 1.165) is 13.1 Å². The Morgan fingerprint density at radius 1 is 1.31 bits per heavy atom. The van der Waals surface area contributed by atoms with Gasteiger partial charge in [0.1, 0.15) is 6.61 Å². The van der Waals surface area contributed by atoms with Gasteiger partial charge in [0.15, 0.2) is 0 Å². The van der Waals surface area contributed by atoms with Gasteiger partial charge in [-0.3, -0.25) is 4.90 Å². The average Bonchev–Trinajstić information content (AvgIpc) is 1.92. The molecule has 2 rings (SSSR count). The highest BCUT2D eigenvalue weighted by atomic mass is 19.3. The predicted octanol–water partition coefficient (Wildman–Crippen LogP) is 1.10. The molecule has 4 heteroatoms. The van der Waals surface area contributed by atoms with Crippen LogP contribution in [0.5, 0.6) is 0 Å². The minimum absolute atomic E-state index is 0.273. The summed E-state index contributed by atoms with van der Waals surface area (Å²) < 4.78 is 25.4. The summed E-state index contributed by atoms with van der Waals surface area (Å²) in [7, 11) is 0. The number of nitrogens with zero attached hydrogens (tertiary/aromatic N) is 1. The third kappa shape index (κ3) is 1.70. The molecule has 1 aliphatic heterocycles. The van der Waals surface area contributed by atoms with Crippen LogP contribution < -0.4 is 0 Å². The van der Waals surface area contributed by atoms with E-state index in [2.05, 4.69) is 0 Å². The van der Waals surface area contributed by atoms with Crippen molar-refractivity contribution in [3.05, 3.63) is 0 Å². The standard InChI is InChI=1S/C9H15F2NO/c10-9(11,7-13)6-12-4-8(5-12)2-1-3-8/h13H,1-7H2. The lowest BCUT2D eigenvalue weighted by molar-refractivity contribution is -0.130. The van der Waals surface area contributed by atoms with Crippen molar-refractivity contribution >= 4 is 0 Å². The zero-order chi connectivity index (χ0) is 9.53. The van der Waals surface area contributed by atoms with Crippen molar-refractivity contribution in [2.24, 2.45) is 5.41 Å². The van der Waals surface area contributed by atoms with Crippen molar-refractivity contribution in [1.82, 2.24) is 4.90 Å². The number of halogens is 2. The molecule has 2 aliphatic rings. The molecule has 1 spiro atoms. The molecule has 1 saturated carbocycles. The van der Waals surface area contributed by atoms with E-state index in [1.807, 2.05) is 0 Å². The molecular formula is C9H15F2NO. The van der Waals surface area contributed by atoms with Gasteiger partial charge in [-0.1, -0.05) is 6.42 Å². The molecular weight excluding hydrogens is 176 g/mol. The third-order valence-electron chi connectivity index (χ3n) is 3.22. The van der Waals surface area contributed by atoms with Crippen molar-refractivity contribution in [3.63, 3.8) is 0 Å². The SMILES string of the molecule is OCC(F)(F)CN1CC2(CCC2)C1. The van der Waals surface area contributed by atoms with Crippen LogP contribution >= 0.6 is 0 Å². The number of aliphatic hydroxyl groups is 1. The Morgan fingerprint density at radius 2 is 1.92 bits per heavy atom. The zero-order valence-corrected chi connectivity index (χ0v) is 7.60. The summed E-state index contributed by atoms with van der Waals surface area (Å²) >= 11 is 0. The molecule has 0 atom stereocenters. The van der Waals surface area contributed by atoms with Gasteiger partial charge in [-0.25, -0.2) is 8.78 Å². The van der Waals surface area contributed by atoms with Gasteiger partial charge in [-0.2, -0.15) is 0 Å². The Hall–Kier alpha value is -0.220. The minimum Gasteiger partial charge on any atom is -0.390 e. The van der Waals surface area contributed by atoms with Crippen molar-refractivity contribution in [2.75, 3.05) is 26.2 Å². The quantitative estimate of drug-likeness (QED) is 0.722. The maximum Gasteiger partial charge on any atom is 0.283 e. The fourth-order valence-corrected chi connectivity index (χ4v) is 2.38. The van der Waals surface area contributed by atoms with Gasteiger partial charge in [0.05, 0.1) is 6.54 Å². The molecule has 1 saturated heterocycles. The van der Waals surface area contributed by atoms with E-state index in [1.165, 1.54) is 19.3 Å². The normalized spacial score (nSPS) is 27.0. The summed E-state index contributed by atoms with van der Waals surface area (Å²) in [6.07, 6.45) is 3.66. The van der Waals surface area contributed by atoms with E-state index in [4.69, 9.17) is 5.11 Å². The van der Waals surface area contributed by atoms with E-state index in [-0.39, 0.29) is 6.54 Å². The largest absolute Gasteiger partial charge is 0.390 e. The van der Waals surface area contributed by atoms with Crippen molar-refractivity contribution in [2.45, 2.75) is 25.2 Å². The van der Waals surface area contributed by atoms with Gasteiger partial charge >= 0.3 is 0 Å². The van der Waals surface area contributed by atoms with Gasteiger partial charge in [0, 0.05) is 13.1 Å². The third-order valence-corrected chi connectivity index (χ3v) is 3.22. The van der Waals surface area contributed by atoms with Crippen LogP contribution in [0.3, 0.4) is 0 Å². The summed E-state index contributed by atoms with van der Waals surface area (Å²) in [6.45, 7) is 0.312. The highest BCUT2D eigenvalue weighted by Gasteiger charge is 2.49. The Labute approximate surface area is 76.5 Å². The van der Waals surface area contributed by atoms with Crippen LogP contribution in [0.2, 0.25) is 0 Å². The molecule has 1 N–H and O–H groups in total. The molecule has 1 aliphatic carbocycles. The highest BCUT2D eigenvalue weighted by molar-refractivity contribution is 5.01. The van der Waals surface area contributed by atoms with Gasteiger partial charge in [0.2, 0.25) is 0 Å². The Bertz CT molecular complexity index is 196. The van der Waals surface area contributed by atoms with E-state index >= 15 is 0 Å². The lowest BCUT2D eigenvalue weighted by atomic mass is 9.63. The molecule has 0 bridgehead atoms.